The number of thiophene rings is 1. The van der Waals surface area contributed by atoms with E-state index >= 15 is 0 Å². The van der Waals surface area contributed by atoms with E-state index in [4.69, 9.17) is 4.42 Å². The van der Waals surface area contributed by atoms with E-state index in [1.807, 2.05) is 24.3 Å². The number of fused-ring (bicyclic) bond motifs is 3. The summed E-state index contributed by atoms with van der Waals surface area (Å²) in [4.78, 5) is 11.5. The maximum Gasteiger partial charge on any atom is 0.322 e. The number of carboxylic acid groups (broad SMARTS) is 1. The van der Waals surface area contributed by atoms with Crippen molar-refractivity contribution in [3.05, 3.63) is 61.0 Å². The van der Waals surface area contributed by atoms with E-state index in [9.17, 15) is 18.3 Å². The van der Waals surface area contributed by atoms with E-state index in [1.165, 1.54) is 17.4 Å². The Morgan fingerprint density at radius 3 is 2.53 bits per heavy atom. The molecule has 0 bridgehead atoms. The van der Waals surface area contributed by atoms with Gasteiger partial charge in [-0.3, -0.25) is 4.79 Å². The monoisotopic (exact) mass is 496 g/mol. The number of hydrogen-bond acceptors (Lipinski definition) is 7. The highest BCUT2D eigenvalue weighted by molar-refractivity contribution is 7.89. The fourth-order valence-electron chi connectivity index (χ4n) is 3.69. The minimum absolute atomic E-state index is 0.0260. The molecule has 0 radical (unpaired) electrons. The van der Waals surface area contributed by atoms with Crippen molar-refractivity contribution in [2.45, 2.75) is 24.8 Å². The predicted molar refractivity (Wildman–Crippen MR) is 129 cm³/mol. The number of aromatic nitrogens is 3. The van der Waals surface area contributed by atoms with Gasteiger partial charge in [0.1, 0.15) is 11.7 Å². The van der Waals surface area contributed by atoms with Crippen molar-refractivity contribution >= 4 is 47.5 Å². The molecule has 9 nitrogen and oxygen atoms in total. The summed E-state index contributed by atoms with van der Waals surface area (Å²) in [5.41, 5.74) is 1.42. The molecule has 3 aromatic heterocycles. The zero-order valence-electron chi connectivity index (χ0n) is 18.2. The van der Waals surface area contributed by atoms with Crippen LogP contribution in [0, 0.1) is 5.92 Å². The van der Waals surface area contributed by atoms with Gasteiger partial charge in [-0.2, -0.15) is 4.72 Å². The topological polar surface area (TPSA) is 127 Å². The molecule has 0 saturated heterocycles. The van der Waals surface area contributed by atoms with Crippen LogP contribution in [0.5, 0.6) is 0 Å². The first-order chi connectivity index (χ1) is 16.2. The maximum atomic E-state index is 12.9. The number of rotatable bonds is 7. The van der Waals surface area contributed by atoms with Crippen LogP contribution in [-0.4, -0.2) is 40.5 Å². The van der Waals surface area contributed by atoms with Gasteiger partial charge in [0.15, 0.2) is 5.76 Å². The maximum absolute atomic E-state index is 12.9. The number of carbonyl (C=O) groups is 1. The summed E-state index contributed by atoms with van der Waals surface area (Å²) in [6, 6.07) is 13.0. The van der Waals surface area contributed by atoms with Crippen molar-refractivity contribution in [2.75, 3.05) is 0 Å². The van der Waals surface area contributed by atoms with Crippen LogP contribution in [0.3, 0.4) is 0 Å². The Labute approximate surface area is 198 Å². The lowest BCUT2D eigenvalue weighted by molar-refractivity contribution is -0.140. The van der Waals surface area contributed by atoms with Gasteiger partial charge in [-0.05, 0) is 42.3 Å². The second kappa shape index (κ2) is 8.35. The van der Waals surface area contributed by atoms with Crippen molar-refractivity contribution in [3.8, 4) is 17.1 Å². The van der Waals surface area contributed by atoms with Crippen molar-refractivity contribution in [1.29, 1.82) is 0 Å². The minimum atomic E-state index is -4.00. The Balaban J connectivity index is 1.50. The number of aliphatic carboxylic acids is 1. The normalized spacial score (nSPS) is 13.1. The lowest BCUT2D eigenvalue weighted by atomic mass is 10.1. The molecule has 0 aliphatic heterocycles. The van der Waals surface area contributed by atoms with Crippen LogP contribution in [0.2, 0.25) is 0 Å². The molecule has 0 amide bonds. The molecule has 2 aromatic carbocycles. The van der Waals surface area contributed by atoms with Gasteiger partial charge in [-0.25, -0.2) is 13.1 Å². The number of nitrogens with one attached hydrogen (secondary N) is 1. The molecule has 0 aliphatic carbocycles. The van der Waals surface area contributed by atoms with Crippen LogP contribution in [-0.2, 0) is 14.8 Å². The standard InChI is InChI=1S/C23H20N4O5S2/c1-13(2)22(23(28)29)25-34(30,31)15-6-8-17-16-7-5-14(10-20(16)33-21(17)11-15)27-12-18(24-26-27)19-4-3-9-32-19/h3-13,22,25H,1-2H3,(H,28,29)/t22-/m0/s1. The first kappa shape index (κ1) is 22.3. The third-order valence-corrected chi connectivity index (χ3v) is 8.04. The summed E-state index contributed by atoms with van der Waals surface area (Å²) in [7, 11) is -4.00. The Hall–Kier alpha value is -3.54. The zero-order chi connectivity index (χ0) is 24.0. The fourth-order valence-corrected chi connectivity index (χ4v) is 6.31. The molecule has 5 aromatic rings. The molecular formula is C23H20N4O5S2. The van der Waals surface area contributed by atoms with Gasteiger partial charge in [-0.1, -0.05) is 31.2 Å². The van der Waals surface area contributed by atoms with E-state index in [-0.39, 0.29) is 4.90 Å². The summed E-state index contributed by atoms with van der Waals surface area (Å²) in [5, 5.41) is 19.6. The molecular weight excluding hydrogens is 476 g/mol. The third kappa shape index (κ3) is 3.98. The van der Waals surface area contributed by atoms with Crippen LogP contribution >= 0.6 is 11.3 Å². The molecule has 0 unspecified atom stereocenters. The Morgan fingerprint density at radius 1 is 1.12 bits per heavy atom. The summed E-state index contributed by atoms with van der Waals surface area (Å²) < 4.78 is 36.8. The first-order valence-electron chi connectivity index (χ1n) is 10.4. The predicted octanol–water partition coefficient (Wildman–Crippen LogP) is 4.28. The lowest BCUT2D eigenvalue weighted by Gasteiger charge is -2.18. The van der Waals surface area contributed by atoms with Gasteiger partial charge in [0.2, 0.25) is 10.0 Å². The molecule has 174 valence electrons. The minimum Gasteiger partial charge on any atom is -0.480 e. The van der Waals surface area contributed by atoms with Crippen molar-refractivity contribution < 1.29 is 22.7 Å². The first-order valence-corrected chi connectivity index (χ1v) is 12.7. The number of sulfonamides is 1. The second-order valence-electron chi connectivity index (χ2n) is 8.15. The molecule has 11 heteroatoms. The second-order valence-corrected chi connectivity index (χ2v) is 10.9. The number of benzene rings is 2. The average Bonchev–Trinajstić information content (AvgIpc) is 3.55. The van der Waals surface area contributed by atoms with E-state index in [0.29, 0.717) is 11.5 Å². The Morgan fingerprint density at radius 2 is 1.85 bits per heavy atom. The van der Waals surface area contributed by atoms with Gasteiger partial charge >= 0.3 is 5.97 Å². The highest BCUT2D eigenvalue weighted by Gasteiger charge is 2.28. The molecule has 5 rings (SSSR count). The van der Waals surface area contributed by atoms with Crippen LogP contribution in [0.15, 0.2) is 70.3 Å². The van der Waals surface area contributed by atoms with Crippen molar-refractivity contribution in [3.63, 3.8) is 0 Å². The smallest absolute Gasteiger partial charge is 0.322 e. The summed E-state index contributed by atoms with van der Waals surface area (Å²) in [6.07, 6.45) is 3.35. The van der Waals surface area contributed by atoms with E-state index in [0.717, 1.165) is 25.9 Å². The van der Waals surface area contributed by atoms with Crippen LogP contribution in [0.1, 0.15) is 13.8 Å². The van der Waals surface area contributed by atoms with Crippen molar-refractivity contribution in [2.24, 2.45) is 5.92 Å². The van der Waals surface area contributed by atoms with Crippen LogP contribution in [0.25, 0.3) is 37.3 Å². The van der Waals surface area contributed by atoms with Gasteiger partial charge in [0.25, 0.3) is 0 Å². The fraction of sp³-hybridized carbons (Fsp3) is 0.174. The highest BCUT2D eigenvalue weighted by atomic mass is 32.2. The van der Waals surface area contributed by atoms with E-state index < -0.39 is 28.0 Å². The molecule has 2 N–H and O–H groups in total. The van der Waals surface area contributed by atoms with Gasteiger partial charge in [0.05, 0.1) is 23.0 Å². The number of hydrogen-bond donors (Lipinski definition) is 2. The van der Waals surface area contributed by atoms with E-state index in [2.05, 4.69) is 15.0 Å². The van der Waals surface area contributed by atoms with Crippen LogP contribution < -0.4 is 4.72 Å². The summed E-state index contributed by atoms with van der Waals surface area (Å²) in [6.45, 7) is 3.31. The SMILES string of the molecule is CC(C)[C@H](NS(=O)(=O)c1ccc2c(c1)sc1cc(-n3cc(-c4ccco4)nn3)ccc12)C(=O)O. The quantitative estimate of drug-likeness (QED) is 0.344. The lowest BCUT2D eigenvalue weighted by Crippen LogP contribution is -2.44. The number of nitrogens with zero attached hydrogens (tertiary/aromatic N) is 3. The molecule has 0 aliphatic rings. The largest absolute Gasteiger partial charge is 0.480 e. The van der Waals surface area contributed by atoms with Crippen molar-refractivity contribution in [1.82, 2.24) is 19.7 Å². The molecule has 1 atom stereocenters. The number of furan rings is 1. The average molecular weight is 497 g/mol. The van der Waals surface area contributed by atoms with E-state index in [1.54, 1.807) is 49.2 Å². The van der Waals surface area contributed by atoms with Crippen LogP contribution in [0.4, 0.5) is 0 Å². The van der Waals surface area contributed by atoms with Gasteiger partial charge in [-0.15, -0.1) is 16.4 Å². The highest BCUT2D eigenvalue weighted by Crippen LogP contribution is 2.36. The third-order valence-electron chi connectivity index (χ3n) is 5.49. The Bertz CT molecular complexity index is 1620. The molecule has 0 spiro atoms. The van der Waals surface area contributed by atoms with Gasteiger partial charge in [0, 0.05) is 20.2 Å². The number of carboxylic acids is 1. The van der Waals surface area contributed by atoms with Gasteiger partial charge < -0.3 is 9.52 Å². The Kier molecular flexibility index (Phi) is 5.47. The molecule has 0 fully saturated rings. The molecule has 34 heavy (non-hydrogen) atoms. The zero-order valence-corrected chi connectivity index (χ0v) is 19.8. The summed E-state index contributed by atoms with van der Waals surface area (Å²) >= 11 is 1.45. The molecule has 0 saturated carbocycles. The molecule has 3 heterocycles. The summed E-state index contributed by atoms with van der Waals surface area (Å²) in [5.74, 6) is -0.986.